The van der Waals surface area contributed by atoms with E-state index in [0.717, 1.165) is 10.9 Å². The Morgan fingerprint density at radius 2 is 2.07 bits per heavy atom. The Kier molecular flexibility index (Phi) is 4.42. The van der Waals surface area contributed by atoms with Crippen LogP contribution in [0.5, 0.6) is 11.5 Å². The van der Waals surface area contributed by atoms with Crippen molar-refractivity contribution in [1.82, 2.24) is 10.1 Å². The highest BCUT2D eigenvalue weighted by atomic mass is 32.1. The zero-order chi connectivity index (χ0) is 18.8. The van der Waals surface area contributed by atoms with Gasteiger partial charge in [-0.25, -0.2) is 4.79 Å². The molecule has 0 radical (unpaired) electrons. The minimum absolute atomic E-state index is 0.0759. The number of hydrogen-bond acceptors (Lipinski definition) is 10. The minimum Gasteiger partial charge on any atom is -0.486 e. The fraction of sp³-hybridized carbons (Fsp3) is 0.188. The number of fused-ring (bicyclic) bond motifs is 1. The first kappa shape index (κ1) is 17.0. The summed E-state index contributed by atoms with van der Waals surface area (Å²) in [6.45, 7) is 0.243. The lowest BCUT2D eigenvalue weighted by Crippen LogP contribution is -2.17. The number of esters is 1. The number of thiophene rings is 1. The smallest absolute Gasteiger partial charge is 0.345 e. The maximum atomic E-state index is 12.4. The summed E-state index contributed by atoms with van der Waals surface area (Å²) in [7, 11) is 0. The molecule has 3 heterocycles. The summed E-state index contributed by atoms with van der Waals surface area (Å²) >= 11 is 1.44. The molecule has 0 unspecified atom stereocenters. The van der Waals surface area contributed by atoms with E-state index in [4.69, 9.17) is 18.7 Å². The van der Waals surface area contributed by atoms with Gasteiger partial charge in [-0.3, -0.25) is 10.1 Å². The maximum absolute atomic E-state index is 12.4. The highest BCUT2D eigenvalue weighted by Gasteiger charge is 2.27. The van der Waals surface area contributed by atoms with Crippen LogP contribution in [0.25, 0.3) is 10.7 Å². The molecule has 0 atom stereocenters. The summed E-state index contributed by atoms with van der Waals surface area (Å²) < 4.78 is 20.8. The molecular formula is C16H11N3O7S. The van der Waals surface area contributed by atoms with Crippen LogP contribution in [0.15, 0.2) is 34.2 Å². The molecular weight excluding hydrogens is 378 g/mol. The van der Waals surface area contributed by atoms with Gasteiger partial charge in [-0.15, -0.1) is 11.3 Å². The fourth-order valence-corrected chi connectivity index (χ4v) is 3.07. The predicted molar refractivity (Wildman–Crippen MR) is 90.8 cm³/mol. The Morgan fingerprint density at radius 1 is 1.30 bits per heavy atom. The second-order valence-corrected chi connectivity index (χ2v) is 6.28. The number of rotatable bonds is 5. The van der Waals surface area contributed by atoms with Gasteiger partial charge < -0.3 is 18.7 Å². The third-order valence-corrected chi connectivity index (χ3v) is 4.48. The Morgan fingerprint density at radius 3 is 2.78 bits per heavy atom. The number of carbonyl (C=O) groups excluding carboxylic acids is 1. The zero-order valence-electron chi connectivity index (χ0n) is 13.6. The number of ether oxygens (including phenoxy) is 3. The van der Waals surface area contributed by atoms with Crippen LogP contribution >= 0.6 is 11.3 Å². The third kappa shape index (κ3) is 3.44. The van der Waals surface area contributed by atoms with Crippen molar-refractivity contribution in [2.45, 2.75) is 6.61 Å². The van der Waals surface area contributed by atoms with E-state index in [9.17, 15) is 14.9 Å². The standard InChI is InChI=1S/C16H11N3O7S/c20-16(25-8-14-17-15(18-26-14)13-2-1-5-27-13)9-6-11-12(24-4-3-23-11)7-10(9)19(21)22/h1-2,5-7H,3-4,8H2. The van der Waals surface area contributed by atoms with Crippen molar-refractivity contribution in [3.8, 4) is 22.2 Å². The van der Waals surface area contributed by atoms with Gasteiger partial charge in [0.2, 0.25) is 5.82 Å². The van der Waals surface area contributed by atoms with Crippen LogP contribution in [0.1, 0.15) is 16.2 Å². The highest BCUT2D eigenvalue weighted by molar-refractivity contribution is 7.13. The average molecular weight is 389 g/mol. The molecule has 0 fully saturated rings. The van der Waals surface area contributed by atoms with Crippen LogP contribution in [-0.4, -0.2) is 34.2 Å². The molecule has 0 bridgehead atoms. The second kappa shape index (κ2) is 7.03. The van der Waals surface area contributed by atoms with Crippen LogP contribution in [0.4, 0.5) is 5.69 Å². The number of benzene rings is 1. The van der Waals surface area contributed by atoms with Crippen molar-refractivity contribution in [2.75, 3.05) is 13.2 Å². The van der Waals surface area contributed by atoms with Gasteiger partial charge in [-0.2, -0.15) is 4.98 Å². The van der Waals surface area contributed by atoms with Crippen LogP contribution in [0.3, 0.4) is 0 Å². The van der Waals surface area contributed by atoms with E-state index in [0.29, 0.717) is 5.82 Å². The van der Waals surface area contributed by atoms with Gasteiger partial charge in [-0.05, 0) is 11.4 Å². The molecule has 1 aliphatic heterocycles. The number of hydrogen-bond donors (Lipinski definition) is 0. The number of nitro groups is 1. The number of nitro benzene ring substituents is 1. The van der Waals surface area contributed by atoms with Gasteiger partial charge in [0.25, 0.3) is 11.6 Å². The molecule has 0 N–H and O–H groups in total. The Bertz CT molecular complexity index is 1000. The van der Waals surface area contributed by atoms with Crippen LogP contribution in [0, 0.1) is 10.1 Å². The quantitative estimate of drug-likeness (QED) is 0.367. The summed E-state index contributed by atoms with van der Waals surface area (Å²) in [5, 5.41) is 17.0. The minimum atomic E-state index is -0.908. The maximum Gasteiger partial charge on any atom is 0.345 e. The Hall–Kier alpha value is -3.47. The molecule has 0 saturated carbocycles. The Balaban J connectivity index is 1.52. The topological polar surface area (TPSA) is 127 Å². The van der Waals surface area contributed by atoms with Crippen LogP contribution in [0.2, 0.25) is 0 Å². The molecule has 0 spiro atoms. The molecule has 2 aromatic heterocycles. The predicted octanol–water partition coefficient (Wildman–Crippen LogP) is 2.83. The van der Waals surface area contributed by atoms with Gasteiger partial charge in [-0.1, -0.05) is 11.2 Å². The van der Waals surface area contributed by atoms with E-state index in [2.05, 4.69) is 10.1 Å². The molecule has 0 amide bonds. The van der Waals surface area contributed by atoms with Crippen LogP contribution in [-0.2, 0) is 11.3 Å². The monoisotopic (exact) mass is 389 g/mol. The lowest BCUT2D eigenvalue weighted by atomic mass is 10.1. The van der Waals surface area contributed by atoms with E-state index in [1.54, 1.807) is 0 Å². The van der Waals surface area contributed by atoms with E-state index in [1.165, 1.54) is 17.4 Å². The Labute approximate surface area is 155 Å². The summed E-state index contributed by atoms with van der Waals surface area (Å²) in [6, 6.07) is 6.05. The number of nitrogens with zero attached hydrogens (tertiary/aromatic N) is 3. The molecule has 27 heavy (non-hydrogen) atoms. The van der Waals surface area contributed by atoms with Crippen molar-refractivity contribution in [2.24, 2.45) is 0 Å². The first-order valence-electron chi connectivity index (χ1n) is 7.73. The normalized spacial score (nSPS) is 12.6. The highest BCUT2D eigenvalue weighted by Crippen LogP contribution is 2.37. The molecule has 3 aromatic rings. The van der Waals surface area contributed by atoms with E-state index in [-0.39, 0.29) is 42.8 Å². The molecule has 11 heteroatoms. The molecule has 4 rings (SSSR count). The fourth-order valence-electron chi connectivity index (χ4n) is 2.42. The first-order chi connectivity index (χ1) is 13.1. The molecule has 0 aliphatic carbocycles. The third-order valence-electron chi connectivity index (χ3n) is 3.61. The van der Waals surface area contributed by atoms with E-state index < -0.39 is 16.6 Å². The SMILES string of the molecule is O=C(OCc1nc(-c2cccs2)no1)c1cc2c(cc1[N+](=O)[O-])OCCO2. The molecule has 0 saturated heterocycles. The van der Waals surface area contributed by atoms with Crippen molar-refractivity contribution >= 4 is 23.0 Å². The van der Waals surface area contributed by atoms with Gasteiger partial charge in [0.05, 0.1) is 15.9 Å². The summed E-state index contributed by atoms with van der Waals surface area (Å²) in [5.41, 5.74) is -0.684. The lowest BCUT2D eigenvalue weighted by Gasteiger charge is -2.18. The van der Waals surface area contributed by atoms with Gasteiger partial charge >= 0.3 is 5.97 Å². The molecule has 10 nitrogen and oxygen atoms in total. The van der Waals surface area contributed by atoms with Crippen molar-refractivity contribution in [3.63, 3.8) is 0 Å². The van der Waals surface area contributed by atoms with Crippen molar-refractivity contribution < 1.29 is 28.5 Å². The summed E-state index contributed by atoms with van der Waals surface area (Å²) in [5.74, 6) is 0.00131. The lowest BCUT2D eigenvalue weighted by molar-refractivity contribution is -0.385. The van der Waals surface area contributed by atoms with Crippen molar-refractivity contribution in [3.05, 3.63) is 51.2 Å². The van der Waals surface area contributed by atoms with Gasteiger partial charge in [0.15, 0.2) is 18.1 Å². The molecule has 138 valence electrons. The largest absolute Gasteiger partial charge is 0.486 e. The van der Waals surface area contributed by atoms with E-state index >= 15 is 0 Å². The number of carbonyl (C=O) groups is 1. The molecule has 1 aliphatic rings. The second-order valence-electron chi connectivity index (χ2n) is 5.34. The molecule has 1 aromatic carbocycles. The van der Waals surface area contributed by atoms with Crippen LogP contribution < -0.4 is 9.47 Å². The summed E-state index contributed by atoms with van der Waals surface area (Å²) in [6.07, 6.45) is 0. The van der Waals surface area contributed by atoms with Gasteiger partial charge in [0, 0.05) is 6.07 Å². The van der Waals surface area contributed by atoms with Gasteiger partial charge in [0.1, 0.15) is 18.8 Å². The van der Waals surface area contributed by atoms with E-state index in [1.807, 2.05) is 17.5 Å². The van der Waals surface area contributed by atoms with Crippen molar-refractivity contribution in [1.29, 1.82) is 0 Å². The average Bonchev–Trinajstić information content (AvgIpc) is 3.36. The first-order valence-corrected chi connectivity index (χ1v) is 8.61. The zero-order valence-corrected chi connectivity index (χ0v) is 14.4. The number of aromatic nitrogens is 2. The summed E-state index contributed by atoms with van der Waals surface area (Å²) in [4.78, 5) is 27.9.